The van der Waals surface area contributed by atoms with Gasteiger partial charge in [0.2, 0.25) is 5.91 Å². The number of thiophene rings is 1. The number of aryl methyl sites for hydroxylation is 1. The van der Waals surface area contributed by atoms with Crippen molar-refractivity contribution in [2.24, 2.45) is 0 Å². The van der Waals surface area contributed by atoms with E-state index >= 15 is 0 Å². The molecule has 2 atom stereocenters. The molecular formula is C16H25N3O2S. The summed E-state index contributed by atoms with van der Waals surface area (Å²) in [5.41, 5.74) is 0. The van der Waals surface area contributed by atoms with Crippen molar-refractivity contribution in [2.45, 2.75) is 52.1 Å². The molecule has 3 amide bonds. The van der Waals surface area contributed by atoms with Gasteiger partial charge in [-0.1, -0.05) is 0 Å². The summed E-state index contributed by atoms with van der Waals surface area (Å²) < 4.78 is 0. The van der Waals surface area contributed by atoms with E-state index < -0.39 is 0 Å². The van der Waals surface area contributed by atoms with Gasteiger partial charge < -0.3 is 15.5 Å². The Labute approximate surface area is 136 Å². The second kappa shape index (κ2) is 7.63. The predicted molar refractivity (Wildman–Crippen MR) is 89.2 cm³/mol. The van der Waals surface area contributed by atoms with E-state index in [-0.39, 0.29) is 24.0 Å². The molecule has 22 heavy (non-hydrogen) atoms. The molecule has 2 heterocycles. The van der Waals surface area contributed by atoms with Crippen molar-refractivity contribution in [3.8, 4) is 0 Å². The zero-order valence-corrected chi connectivity index (χ0v) is 14.3. The van der Waals surface area contributed by atoms with Crippen LogP contribution < -0.4 is 10.6 Å². The number of carbonyl (C=O) groups excluding carboxylic acids is 2. The average molecular weight is 323 g/mol. The number of likely N-dealkylation sites (tertiary alicyclic amines) is 1. The summed E-state index contributed by atoms with van der Waals surface area (Å²) in [7, 11) is 0. The fraction of sp³-hybridized carbons (Fsp3) is 0.625. The Morgan fingerprint density at radius 3 is 2.64 bits per heavy atom. The lowest BCUT2D eigenvalue weighted by Gasteiger charge is -2.22. The molecule has 2 unspecified atom stereocenters. The molecule has 1 saturated heterocycles. The first-order valence-electron chi connectivity index (χ1n) is 7.84. The quantitative estimate of drug-likeness (QED) is 0.844. The largest absolute Gasteiger partial charge is 0.341 e. The minimum absolute atomic E-state index is 0.0433. The van der Waals surface area contributed by atoms with Gasteiger partial charge >= 0.3 is 6.03 Å². The highest BCUT2D eigenvalue weighted by Crippen LogP contribution is 2.16. The van der Waals surface area contributed by atoms with Crippen LogP contribution in [0.5, 0.6) is 0 Å². The first-order valence-corrected chi connectivity index (χ1v) is 8.66. The zero-order valence-electron chi connectivity index (χ0n) is 13.5. The van der Waals surface area contributed by atoms with Gasteiger partial charge in [-0.15, -0.1) is 11.3 Å². The Bertz CT molecular complexity index is 529. The van der Waals surface area contributed by atoms with Crippen LogP contribution in [-0.4, -0.2) is 42.0 Å². The highest BCUT2D eigenvalue weighted by Gasteiger charge is 2.22. The molecule has 0 saturated carbocycles. The number of urea groups is 1. The SMILES string of the molecule is Cc1ccc(CC(C)NC(=O)NC(C)CN2CCCC2=O)s1. The van der Waals surface area contributed by atoms with Crippen molar-refractivity contribution in [1.29, 1.82) is 0 Å². The van der Waals surface area contributed by atoms with Crippen LogP contribution >= 0.6 is 11.3 Å². The number of amides is 3. The van der Waals surface area contributed by atoms with Crippen molar-refractivity contribution in [1.82, 2.24) is 15.5 Å². The second-order valence-corrected chi connectivity index (χ2v) is 7.45. The summed E-state index contributed by atoms with van der Waals surface area (Å²) >= 11 is 1.76. The van der Waals surface area contributed by atoms with E-state index in [2.05, 4.69) is 29.7 Å². The summed E-state index contributed by atoms with van der Waals surface area (Å²) in [5, 5.41) is 5.87. The highest BCUT2D eigenvalue weighted by atomic mass is 32.1. The summed E-state index contributed by atoms with van der Waals surface area (Å²) in [4.78, 5) is 28.0. The topological polar surface area (TPSA) is 61.4 Å². The monoisotopic (exact) mass is 323 g/mol. The number of rotatable bonds is 6. The Morgan fingerprint density at radius 2 is 2.05 bits per heavy atom. The maximum atomic E-state index is 12.0. The highest BCUT2D eigenvalue weighted by molar-refractivity contribution is 7.11. The summed E-state index contributed by atoms with van der Waals surface area (Å²) in [6, 6.07) is 4.08. The van der Waals surface area contributed by atoms with Gasteiger partial charge in [-0.25, -0.2) is 4.79 Å². The standard InChI is InChI=1S/C16H25N3O2S/c1-11(9-14-7-6-13(3)22-14)17-16(21)18-12(2)10-19-8-4-5-15(19)20/h6-7,11-12H,4-5,8-10H2,1-3H3,(H2,17,18,21). The molecule has 1 aromatic rings. The number of nitrogens with one attached hydrogen (secondary N) is 2. The van der Waals surface area contributed by atoms with Crippen LogP contribution in [0.15, 0.2) is 12.1 Å². The lowest BCUT2D eigenvalue weighted by molar-refractivity contribution is -0.127. The third-order valence-corrected chi connectivity index (χ3v) is 4.75. The second-order valence-electron chi connectivity index (χ2n) is 6.08. The van der Waals surface area contributed by atoms with Gasteiger partial charge in [0.1, 0.15) is 0 Å². The maximum Gasteiger partial charge on any atom is 0.315 e. The van der Waals surface area contributed by atoms with Crippen molar-refractivity contribution < 1.29 is 9.59 Å². The van der Waals surface area contributed by atoms with Crippen LogP contribution in [0, 0.1) is 6.92 Å². The van der Waals surface area contributed by atoms with E-state index in [1.165, 1.54) is 9.75 Å². The molecule has 0 aromatic carbocycles. The molecule has 1 aliphatic heterocycles. The molecule has 1 aliphatic rings. The maximum absolute atomic E-state index is 12.0. The van der Waals surface area contributed by atoms with Crippen molar-refractivity contribution in [3.63, 3.8) is 0 Å². The number of hydrogen-bond donors (Lipinski definition) is 2. The third kappa shape index (κ3) is 5.02. The van der Waals surface area contributed by atoms with E-state index in [0.29, 0.717) is 13.0 Å². The van der Waals surface area contributed by atoms with Crippen LogP contribution in [0.25, 0.3) is 0 Å². The Hall–Kier alpha value is -1.56. The molecule has 1 aromatic heterocycles. The minimum atomic E-state index is -0.167. The van der Waals surface area contributed by atoms with Gasteiger partial charge in [-0.2, -0.15) is 0 Å². The molecule has 2 N–H and O–H groups in total. The first-order chi connectivity index (χ1) is 10.4. The van der Waals surface area contributed by atoms with E-state index in [4.69, 9.17) is 0 Å². The number of carbonyl (C=O) groups is 2. The third-order valence-electron chi connectivity index (χ3n) is 3.72. The molecule has 6 heteroatoms. The molecule has 0 radical (unpaired) electrons. The van der Waals surface area contributed by atoms with Gasteiger partial charge in [0.25, 0.3) is 0 Å². The van der Waals surface area contributed by atoms with Gasteiger partial charge in [0.15, 0.2) is 0 Å². The van der Waals surface area contributed by atoms with E-state index in [0.717, 1.165) is 19.4 Å². The zero-order chi connectivity index (χ0) is 16.1. The lowest BCUT2D eigenvalue weighted by atomic mass is 10.2. The van der Waals surface area contributed by atoms with E-state index in [1.807, 2.05) is 18.7 Å². The van der Waals surface area contributed by atoms with Gasteiger partial charge in [-0.3, -0.25) is 4.79 Å². The Balaban J connectivity index is 1.71. The summed E-state index contributed by atoms with van der Waals surface area (Å²) in [6.07, 6.45) is 2.40. The Morgan fingerprint density at radius 1 is 1.32 bits per heavy atom. The normalized spacial score (nSPS) is 17.4. The summed E-state index contributed by atoms with van der Waals surface area (Å²) in [6.45, 7) is 7.41. The van der Waals surface area contributed by atoms with Crippen LogP contribution in [0.2, 0.25) is 0 Å². The fourth-order valence-corrected chi connectivity index (χ4v) is 3.73. The number of hydrogen-bond acceptors (Lipinski definition) is 3. The predicted octanol–water partition coefficient (Wildman–Crippen LogP) is 2.30. The minimum Gasteiger partial charge on any atom is -0.341 e. The molecule has 0 bridgehead atoms. The molecular weight excluding hydrogens is 298 g/mol. The molecule has 2 rings (SSSR count). The van der Waals surface area contributed by atoms with E-state index in [1.54, 1.807) is 11.3 Å². The molecule has 0 spiro atoms. The van der Waals surface area contributed by atoms with Gasteiger partial charge in [0, 0.05) is 47.8 Å². The number of nitrogens with zero attached hydrogens (tertiary/aromatic N) is 1. The van der Waals surface area contributed by atoms with Crippen molar-refractivity contribution >= 4 is 23.3 Å². The first kappa shape index (κ1) is 16.8. The smallest absolute Gasteiger partial charge is 0.315 e. The lowest BCUT2D eigenvalue weighted by Crippen LogP contribution is -2.48. The molecule has 122 valence electrons. The molecule has 1 fully saturated rings. The van der Waals surface area contributed by atoms with Crippen molar-refractivity contribution in [3.05, 3.63) is 21.9 Å². The van der Waals surface area contributed by atoms with Gasteiger partial charge in [-0.05, 0) is 39.3 Å². The van der Waals surface area contributed by atoms with E-state index in [9.17, 15) is 9.59 Å². The summed E-state index contributed by atoms with van der Waals surface area (Å²) in [5.74, 6) is 0.190. The average Bonchev–Trinajstić information content (AvgIpc) is 2.98. The fourth-order valence-electron chi connectivity index (χ4n) is 2.71. The van der Waals surface area contributed by atoms with Crippen LogP contribution in [-0.2, 0) is 11.2 Å². The van der Waals surface area contributed by atoms with Crippen LogP contribution in [0.1, 0.15) is 36.4 Å². The van der Waals surface area contributed by atoms with Crippen molar-refractivity contribution in [2.75, 3.05) is 13.1 Å². The van der Waals surface area contributed by atoms with Crippen LogP contribution in [0.4, 0.5) is 4.79 Å². The van der Waals surface area contributed by atoms with Gasteiger partial charge in [0.05, 0.1) is 0 Å². The Kier molecular flexibility index (Phi) is 5.83. The molecule has 0 aliphatic carbocycles. The molecule has 5 nitrogen and oxygen atoms in total. The van der Waals surface area contributed by atoms with Crippen LogP contribution in [0.3, 0.4) is 0 Å².